The Labute approximate surface area is 102 Å². The zero-order chi connectivity index (χ0) is 10.8. The highest BCUT2D eigenvalue weighted by molar-refractivity contribution is 6.43. The summed E-state index contributed by atoms with van der Waals surface area (Å²) in [6, 6.07) is 5.22. The smallest absolute Gasteiger partial charge is 0.148 e. The van der Waals surface area contributed by atoms with Gasteiger partial charge in [0.2, 0.25) is 0 Å². The van der Waals surface area contributed by atoms with Crippen LogP contribution in [0.25, 0.3) is 11.3 Å². The van der Waals surface area contributed by atoms with E-state index >= 15 is 0 Å². The van der Waals surface area contributed by atoms with Crippen LogP contribution in [0.4, 0.5) is 0 Å². The number of rotatable bonds is 1. The fourth-order valence-corrected chi connectivity index (χ4v) is 1.77. The number of pyridine rings is 2. The first-order chi connectivity index (χ1) is 7.20. The summed E-state index contributed by atoms with van der Waals surface area (Å²) in [4.78, 5) is 8.00. The Morgan fingerprint density at radius 1 is 0.933 bits per heavy atom. The van der Waals surface area contributed by atoms with E-state index in [1.54, 1.807) is 30.6 Å². The molecule has 0 aliphatic heterocycles. The lowest BCUT2D eigenvalue weighted by atomic mass is 10.2. The van der Waals surface area contributed by atoms with Gasteiger partial charge in [-0.25, -0.2) is 4.98 Å². The van der Waals surface area contributed by atoms with Gasteiger partial charge in [-0.2, -0.15) is 0 Å². The highest BCUT2D eigenvalue weighted by Gasteiger charge is 2.11. The highest BCUT2D eigenvalue weighted by Crippen LogP contribution is 2.34. The molecule has 0 fully saturated rings. The molecule has 15 heavy (non-hydrogen) atoms. The summed E-state index contributed by atoms with van der Waals surface area (Å²) in [6.45, 7) is 0. The molecule has 0 saturated heterocycles. The maximum atomic E-state index is 6.01. The summed E-state index contributed by atoms with van der Waals surface area (Å²) in [5, 5.41) is 1.14. The zero-order valence-corrected chi connectivity index (χ0v) is 9.68. The summed E-state index contributed by atoms with van der Waals surface area (Å²) >= 11 is 17.8. The third kappa shape index (κ3) is 2.07. The SMILES string of the molecule is Clc1cccnc1-c1ccnc(Cl)c1Cl. The van der Waals surface area contributed by atoms with E-state index in [-0.39, 0.29) is 5.15 Å². The van der Waals surface area contributed by atoms with Crippen LogP contribution in [0.3, 0.4) is 0 Å². The molecule has 2 aromatic rings. The van der Waals surface area contributed by atoms with Crippen LogP contribution in [0.2, 0.25) is 15.2 Å². The Morgan fingerprint density at radius 3 is 2.47 bits per heavy atom. The molecule has 0 spiro atoms. The van der Waals surface area contributed by atoms with Gasteiger partial charge in [0.25, 0.3) is 0 Å². The third-order valence-corrected chi connectivity index (χ3v) is 2.93. The van der Waals surface area contributed by atoms with Gasteiger partial charge in [0, 0.05) is 18.0 Å². The van der Waals surface area contributed by atoms with Crippen LogP contribution in [0.15, 0.2) is 30.6 Å². The molecule has 0 aromatic carbocycles. The third-order valence-electron chi connectivity index (χ3n) is 1.86. The first kappa shape index (κ1) is 10.7. The summed E-state index contributed by atoms with van der Waals surface area (Å²) < 4.78 is 0. The lowest BCUT2D eigenvalue weighted by Gasteiger charge is -2.05. The molecule has 0 N–H and O–H groups in total. The molecule has 2 rings (SSSR count). The van der Waals surface area contributed by atoms with Crippen molar-refractivity contribution >= 4 is 34.8 Å². The largest absolute Gasteiger partial charge is 0.255 e. The molecule has 76 valence electrons. The normalized spacial score (nSPS) is 10.3. The standard InChI is InChI=1S/C10H5Cl3N2/c11-7-2-1-4-14-9(7)6-3-5-15-10(13)8(6)12/h1-5H. The van der Waals surface area contributed by atoms with E-state index < -0.39 is 0 Å². The van der Waals surface area contributed by atoms with Crippen molar-refractivity contribution in [1.82, 2.24) is 9.97 Å². The number of hydrogen-bond acceptors (Lipinski definition) is 2. The average Bonchev–Trinajstić information content (AvgIpc) is 2.23. The zero-order valence-electron chi connectivity index (χ0n) is 7.42. The van der Waals surface area contributed by atoms with E-state index in [0.29, 0.717) is 21.3 Å². The quantitative estimate of drug-likeness (QED) is 0.721. The molecule has 2 heterocycles. The second-order valence-corrected chi connectivity index (χ2v) is 3.94. The molecule has 0 aliphatic carbocycles. The highest BCUT2D eigenvalue weighted by atomic mass is 35.5. The molecular formula is C10H5Cl3N2. The molecule has 0 aliphatic rings. The molecule has 0 saturated carbocycles. The maximum Gasteiger partial charge on any atom is 0.148 e. The van der Waals surface area contributed by atoms with Crippen molar-refractivity contribution in [3.63, 3.8) is 0 Å². The lowest BCUT2D eigenvalue weighted by Crippen LogP contribution is -1.87. The van der Waals surface area contributed by atoms with Crippen LogP contribution < -0.4 is 0 Å². The van der Waals surface area contributed by atoms with Gasteiger partial charge in [-0.05, 0) is 18.2 Å². The van der Waals surface area contributed by atoms with Gasteiger partial charge in [0.05, 0.1) is 15.7 Å². The fourth-order valence-electron chi connectivity index (χ4n) is 1.18. The van der Waals surface area contributed by atoms with Gasteiger partial charge in [-0.15, -0.1) is 0 Å². The summed E-state index contributed by atoms with van der Waals surface area (Å²) in [5.74, 6) is 0. The van der Waals surface area contributed by atoms with Crippen LogP contribution in [-0.2, 0) is 0 Å². The minimum absolute atomic E-state index is 0.246. The minimum Gasteiger partial charge on any atom is -0.255 e. The van der Waals surface area contributed by atoms with Crippen LogP contribution in [0.5, 0.6) is 0 Å². The molecule has 0 unspecified atom stereocenters. The first-order valence-electron chi connectivity index (χ1n) is 4.11. The van der Waals surface area contributed by atoms with Gasteiger partial charge in [-0.1, -0.05) is 34.8 Å². The van der Waals surface area contributed by atoms with Crippen molar-refractivity contribution in [1.29, 1.82) is 0 Å². The predicted octanol–water partition coefficient (Wildman–Crippen LogP) is 4.10. The van der Waals surface area contributed by atoms with E-state index in [4.69, 9.17) is 34.8 Å². The van der Waals surface area contributed by atoms with Crippen molar-refractivity contribution in [3.05, 3.63) is 45.8 Å². The van der Waals surface area contributed by atoms with Crippen molar-refractivity contribution in [3.8, 4) is 11.3 Å². The van der Waals surface area contributed by atoms with Crippen LogP contribution in [0.1, 0.15) is 0 Å². The number of hydrogen-bond donors (Lipinski definition) is 0. The van der Waals surface area contributed by atoms with Crippen molar-refractivity contribution < 1.29 is 0 Å². The Kier molecular flexibility index (Phi) is 3.10. The molecule has 5 heteroatoms. The molecule has 0 amide bonds. The average molecular weight is 260 g/mol. The van der Waals surface area contributed by atoms with E-state index in [9.17, 15) is 0 Å². The van der Waals surface area contributed by atoms with E-state index in [1.165, 1.54) is 0 Å². The van der Waals surface area contributed by atoms with Gasteiger partial charge in [0.1, 0.15) is 5.15 Å². The van der Waals surface area contributed by atoms with Gasteiger partial charge in [-0.3, -0.25) is 4.98 Å². The second kappa shape index (κ2) is 4.35. The maximum absolute atomic E-state index is 6.01. The molecule has 2 aromatic heterocycles. The van der Waals surface area contributed by atoms with E-state index in [2.05, 4.69) is 9.97 Å². The van der Waals surface area contributed by atoms with Crippen LogP contribution in [-0.4, -0.2) is 9.97 Å². The summed E-state index contributed by atoms with van der Waals surface area (Å²) in [7, 11) is 0. The molecule has 0 bridgehead atoms. The summed E-state index contributed by atoms with van der Waals surface area (Å²) in [6.07, 6.45) is 3.21. The van der Waals surface area contributed by atoms with Gasteiger partial charge in [0.15, 0.2) is 0 Å². The molecule has 2 nitrogen and oxygen atoms in total. The monoisotopic (exact) mass is 258 g/mol. The Hall–Kier alpha value is -0.830. The van der Waals surface area contributed by atoms with Crippen LogP contribution >= 0.6 is 34.8 Å². The molecule has 0 atom stereocenters. The topological polar surface area (TPSA) is 25.8 Å². The van der Waals surface area contributed by atoms with Gasteiger partial charge >= 0.3 is 0 Å². The fraction of sp³-hybridized carbons (Fsp3) is 0. The minimum atomic E-state index is 0.246. The molecular weight excluding hydrogens is 254 g/mol. The lowest BCUT2D eigenvalue weighted by molar-refractivity contribution is 1.29. The molecule has 0 radical (unpaired) electrons. The predicted molar refractivity (Wildman–Crippen MR) is 62.5 cm³/mol. The van der Waals surface area contributed by atoms with Crippen molar-refractivity contribution in [2.45, 2.75) is 0 Å². The van der Waals surface area contributed by atoms with Crippen molar-refractivity contribution in [2.75, 3.05) is 0 Å². The number of halogens is 3. The van der Waals surface area contributed by atoms with Crippen LogP contribution in [0, 0.1) is 0 Å². The Balaban J connectivity index is 2.65. The Bertz CT molecular complexity index is 500. The van der Waals surface area contributed by atoms with E-state index in [0.717, 1.165) is 0 Å². The number of nitrogens with zero attached hydrogens (tertiary/aromatic N) is 2. The van der Waals surface area contributed by atoms with E-state index in [1.807, 2.05) is 0 Å². The number of aromatic nitrogens is 2. The Morgan fingerprint density at radius 2 is 1.73 bits per heavy atom. The second-order valence-electron chi connectivity index (χ2n) is 2.80. The van der Waals surface area contributed by atoms with Crippen molar-refractivity contribution in [2.24, 2.45) is 0 Å². The summed E-state index contributed by atoms with van der Waals surface area (Å²) in [5.41, 5.74) is 1.29. The van der Waals surface area contributed by atoms with Gasteiger partial charge < -0.3 is 0 Å². The first-order valence-corrected chi connectivity index (χ1v) is 5.24.